The summed E-state index contributed by atoms with van der Waals surface area (Å²) in [6.45, 7) is 1.34. The van der Waals surface area contributed by atoms with E-state index in [9.17, 15) is 9.90 Å². The summed E-state index contributed by atoms with van der Waals surface area (Å²) < 4.78 is 5.08. The van der Waals surface area contributed by atoms with Crippen LogP contribution in [0.5, 0.6) is 0 Å². The Morgan fingerprint density at radius 3 is 2.75 bits per heavy atom. The van der Waals surface area contributed by atoms with Crippen molar-refractivity contribution in [3.05, 3.63) is 35.4 Å². The average molecular weight is 278 g/mol. The molecule has 1 saturated carbocycles. The van der Waals surface area contributed by atoms with E-state index in [0.29, 0.717) is 19.7 Å². The van der Waals surface area contributed by atoms with Gasteiger partial charge in [0.05, 0.1) is 12.2 Å². The van der Waals surface area contributed by atoms with E-state index in [0.717, 1.165) is 30.4 Å². The number of carbonyl (C=O) groups is 1. The summed E-state index contributed by atoms with van der Waals surface area (Å²) in [7, 11) is 1.66. The molecule has 1 aromatic rings. The minimum Gasteiger partial charge on any atom is -0.388 e. The SMILES string of the molecule is COCc1cccc(CNC(=O)NCC2(O)CCC2)c1. The van der Waals surface area contributed by atoms with E-state index in [2.05, 4.69) is 10.6 Å². The molecule has 1 aromatic carbocycles. The lowest BCUT2D eigenvalue weighted by molar-refractivity contribution is -0.0290. The van der Waals surface area contributed by atoms with Gasteiger partial charge in [0.2, 0.25) is 0 Å². The molecule has 3 N–H and O–H groups in total. The number of nitrogens with one attached hydrogen (secondary N) is 2. The minimum absolute atomic E-state index is 0.248. The van der Waals surface area contributed by atoms with Gasteiger partial charge in [0.15, 0.2) is 0 Å². The van der Waals surface area contributed by atoms with Crippen LogP contribution in [0.2, 0.25) is 0 Å². The van der Waals surface area contributed by atoms with Gasteiger partial charge in [-0.05, 0) is 30.4 Å². The van der Waals surface area contributed by atoms with Crippen molar-refractivity contribution in [1.82, 2.24) is 10.6 Å². The molecule has 110 valence electrons. The summed E-state index contributed by atoms with van der Waals surface area (Å²) in [6.07, 6.45) is 2.57. The van der Waals surface area contributed by atoms with E-state index in [1.807, 2.05) is 24.3 Å². The van der Waals surface area contributed by atoms with Crippen molar-refractivity contribution in [1.29, 1.82) is 0 Å². The first kappa shape index (κ1) is 14.8. The fourth-order valence-electron chi connectivity index (χ4n) is 2.25. The average Bonchev–Trinajstić information content (AvgIpc) is 2.42. The fourth-order valence-corrected chi connectivity index (χ4v) is 2.25. The van der Waals surface area contributed by atoms with E-state index in [4.69, 9.17) is 4.74 Å². The van der Waals surface area contributed by atoms with Gasteiger partial charge in [0.25, 0.3) is 0 Å². The highest BCUT2D eigenvalue weighted by Gasteiger charge is 2.34. The zero-order valence-corrected chi connectivity index (χ0v) is 11.8. The zero-order valence-electron chi connectivity index (χ0n) is 11.8. The lowest BCUT2D eigenvalue weighted by Crippen LogP contribution is -2.49. The van der Waals surface area contributed by atoms with Gasteiger partial charge in [-0.2, -0.15) is 0 Å². The van der Waals surface area contributed by atoms with Crippen LogP contribution in [0.4, 0.5) is 4.79 Å². The lowest BCUT2D eigenvalue weighted by atomic mass is 9.80. The lowest BCUT2D eigenvalue weighted by Gasteiger charge is -2.36. The van der Waals surface area contributed by atoms with Gasteiger partial charge in [0, 0.05) is 20.2 Å². The molecule has 0 unspecified atom stereocenters. The number of benzene rings is 1. The van der Waals surface area contributed by atoms with Crippen molar-refractivity contribution in [3.63, 3.8) is 0 Å². The van der Waals surface area contributed by atoms with Crippen LogP contribution in [0.25, 0.3) is 0 Å². The third-order valence-corrected chi connectivity index (χ3v) is 3.62. The number of ether oxygens (including phenoxy) is 1. The molecule has 0 atom stereocenters. The minimum atomic E-state index is -0.685. The molecule has 2 rings (SSSR count). The molecule has 0 heterocycles. The summed E-state index contributed by atoms with van der Waals surface area (Å²) in [4.78, 5) is 11.7. The van der Waals surface area contributed by atoms with E-state index in [1.165, 1.54) is 0 Å². The summed E-state index contributed by atoms with van der Waals surface area (Å²) in [5, 5.41) is 15.4. The molecule has 1 aliphatic carbocycles. The van der Waals surface area contributed by atoms with Gasteiger partial charge >= 0.3 is 6.03 Å². The van der Waals surface area contributed by atoms with E-state index >= 15 is 0 Å². The second-order valence-electron chi connectivity index (χ2n) is 5.37. The molecule has 5 nitrogen and oxygen atoms in total. The highest BCUT2D eigenvalue weighted by molar-refractivity contribution is 5.73. The van der Waals surface area contributed by atoms with E-state index in [1.54, 1.807) is 7.11 Å². The molecule has 0 bridgehead atoms. The van der Waals surface area contributed by atoms with Crippen molar-refractivity contribution in [2.75, 3.05) is 13.7 Å². The number of carbonyl (C=O) groups excluding carboxylic acids is 1. The molecular weight excluding hydrogens is 256 g/mol. The predicted molar refractivity (Wildman–Crippen MR) is 76.2 cm³/mol. The Hall–Kier alpha value is -1.59. The molecule has 2 amide bonds. The maximum atomic E-state index is 11.7. The van der Waals surface area contributed by atoms with Gasteiger partial charge in [-0.25, -0.2) is 4.79 Å². The second kappa shape index (κ2) is 6.72. The number of urea groups is 1. The Morgan fingerprint density at radius 1 is 1.35 bits per heavy atom. The van der Waals surface area contributed by atoms with Crippen LogP contribution in [-0.4, -0.2) is 30.4 Å². The Bertz CT molecular complexity index is 458. The second-order valence-corrected chi connectivity index (χ2v) is 5.37. The maximum absolute atomic E-state index is 11.7. The molecular formula is C15H22N2O3. The van der Waals surface area contributed by atoms with Crippen molar-refractivity contribution >= 4 is 6.03 Å². The highest BCUT2D eigenvalue weighted by atomic mass is 16.5. The molecule has 0 saturated heterocycles. The first-order valence-electron chi connectivity index (χ1n) is 6.92. The van der Waals surface area contributed by atoms with Gasteiger partial charge in [-0.1, -0.05) is 24.3 Å². The van der Waals surface area contributed by atoms with Crippen molar-refractivity contribution in [2.24, 2.45) is 0 Å². The molecule has 5 heteroatoms. The third-order valence-electron chi connectivity index (χ3n) is 3.62. The third kappa shape index (κ3) is 4.21. The molecule has 0 spiro atoms. The van der Waals surface area contributed by atoms with Crippen LogP contribution in [-0.2, 0) is 17.9 Å². The Balaban J connectivity index is 1.73. The number of aliphatic hydroxyl groups is 1. The predicted octanol–water partition coefficient (Wildman–Crippen LogP) is 1.55. The van der Waals surface area contributed by atoms with Gasteiger partial charge in [-0.3, -0.25) is 0 Å². The van der Waals surface area contributed by atoms with Crippen molar-refractivity contribution in [2.45, 2.75) is 38.0 Å². The summed E-state index contributed by atoms with van der Waals surface area (Å²) >= 11 is 0. The van der Waals surface area contributed by atoms with Crippen LogP contribution in [0.3, 0.4) is 0 Å². The molecule has 0 radical (unpaired) electrons. The molecule has 20 heavy (non-hydrogen) atoms. The Morgan fingerprint density at radius 2 is 2.10 bits per heavy atom. The van der Waals surface area contributed by atoms with Crippen LogP contribution < -0.4 is 10.6 Å². The number of hydrogen-bond acceptors (Lipinski definition) is 3. The highest BCUT2D eigenvalue weighted by Crippen LogP contribution is 2.30. The van der Waals surface area contributed by atoms with Crippen molar-refractivity contribution < 1.29 is 14.6 Å². The largest absolute Gasteiger partial charge is 0.388 e. The maximum Gasteiger partial charge on any atom is 0.315 e. The number of rotatable bonds is 6. The van der Waals surface area contributed by atoms with Crippen LogP contribution >= 0.6 is 0 Å². The first-order valence-corrected chi connectivity index (χ1v) is 6.92. The van der Waals surface area contributed by atoms with Crippen molar-refractivity contribution in [3.8, 4) is 0 Å². The molecule has 0 aliphatic heterocycles. The Kier molecular flexibility index (Phi) is 4.98. The monoisotopic (exact) mass is 278 g/mol. The van der Waals surface area contributed by atoms with Gasteiger partial charge < -0.3 is 20.5 Å². The van der Waals surface area contributed by atoms with Crippen LogP contribution in [0.1, 0.15) is 30.4 Å². The number of amides is 2. The topological polar surface area (TPSA) is 70.6 Å². The molecule has 1 aliphatic rings. The van der Waals surface area contributed by atoms with Gasteiger partial charge in [-0.15, -0.1) is 0 Å². The standard InChI is InChI=1S/C15H22N2O3/c1-20-10-13-5-2-4-12(8-13)9-16-14(18)17-11-15(19)6-3-7-15/h2,4-5,8,19H,3,6-7,9-11H2,1H3,(H2,16,17,18). The molecule has 1 fully saturated rings. The zero-order chi connectivity index (χ0) is 14.4. The summed E-state index contributed by atoms with van der Waals surface area (Å²) in [5.74, 6) is 0. The normalized spacial score (nSPS) is 16.3. The Labute approximate surface area is 119 Å². The quantitative estimate of drug-likeness (QED) is 0.739. The van der Waals surface area contributed by atoms with Crippen LogP contribution in [0, 0.1) is 0 Å². The van der Waals surface area contributed by atoms with Gasteiger partial charge in [0.1, 0.15) is 0 Å². The summed E-state index contributed by atoms with van der Waals surface area (Å²) in [5.41, 5.74) is 1.42. The fraction of sp³-hybridized carbons (Fsp3) is 0.533. The molecule has 0 aromatic heterocycles. The number of methoxy groups -OCH3 is 1. The summed E-state index contributed by atoms with van der Waals surface area (Å²) in [6, 6.07) is 7.64. The first-order chi connectivity index (χ1) is 9.61. The van der Waals surface area contributed by atoms with E-state index in [-0.39, 0.29) is 6.03 Å². The van der Waals surface area contributed by atoms with E-state index < -0.39 is 5.60 Å². The van der Waals surface area contributed by atoms with Crippen LogP contribution in [0.15, 0.2) is 24.3 Å². The number of hydrogen-bond donors (Lipinski definition) is 3. The smallest absolute Gasteiger partial charge is 0.315 e.